The summed E-state index contributed by atoms with van der Waals surface area (Å²) in [6, 6.07) is 2.12. The zero-order valence-electron chi connectivity index (χ0n) is 10.3. The zero-order chi connectivity index (χ0) is 12.5. The molecule has 92 valence electrons. The molecule has 1 heterocycles. The molecule has 0 saturated carbocycles. The smallest absolute Gasteiger partial charge is 0.266 e. The SMILES string of the molecule is N#Cc1c(C2CC=CCC2)c2c([nH]c1=O)CCC2. The van der Waals surface area contributed by atoms with Gasteiger partial charge in [-0.15, -0.1) is 0 Å². The van der Waals surface area contributed by atoms with E-state index >= 15 is 0 Å². The molecule has 0 amide bonds. The highest BCUT2D eigenvalue weighted by molar-refractivity contribution is 5.47. The number of rotatable bonds is 1. The van der Waals surface area contributed by atoms with Gasteiger partial charge < -0.3 is 4.98 Å². The van der Waals surface area contributed by atoms with E-state index in [9.17, 15) is 10.1 Å². The first-order chi connectivity index (χ1) is 8.81. The Morgan fingerprint density at radius 1 is 1.33 bits per heavy atom. The molecule has 0 radical (unpaired) electrons. The molecule has 0 aromatic carbocycles. The number of aromatic nitrogens is 1. The number of hydrogen-bond acceptors (Lipinski definition) is 2. The first kappa shape index (κ1) is 11.3. The van der Waals surface area contributed by atoms with Crippen molar-refractivity contribution in [3.63, 3.8) is 0 Å². The van der Waals surface area contributed by atoms with Crippen LogP contribution in [-0.4, -0.2) is 4.98 Å². The van der Waals surface area contributed by atoms with Gasteiger partial charge in [-0.25, -0.2) is 0 Å². The van der Waals surface area contributed by atoms with Gasteiger partial charge in [0.15, 0.2) is 0 Å². The van der Waals surface area contributed by atoms with Gasteiger partial charge in [0.25, 0.3) is 5.56 Å². The van der Waals surface area contributed by atoms with Crippen molar-refractivity contribution >= 4 is 0 Å². The number of hydrogen-bond donors (Lipinski definition) is 1. The maximum absolute atomic E-state index is 12.0. The van der Waals surface area contributed by atoms with Crippen molar-refractivity contribution in [3.8, 4) is 6.07 Å². The monoisotopic (exact) mass is 240 g/mol. The summed E-state index contributed by atoms with van der Waals surface area (Å²) in [5.74, 6) is 0.360. The van der Waals surface area contributed by atoms with Crippen LogP contribution in [0.15, 0.2) is 16.9 Å². The Morgan fingerprint density at radius 3 is 2.94 bits per heavy atom. The number of nitriles is 1. The molecule has 3 rings (SSSR count). The van der Waals surface area contributed by atoms with Crippen LogP contribution in [0.2, 0.25) is 0 Å². The van der Waals surface area contributed by atoms with Gasteiger partial charge >= 0.3 is 0 Å². The van der Waals surface area contributed by atoms with E-state index in [-0.39, 0.29) is 5.56 Å². The maximum atomic E-state index is 12.0. The summed E-state index contributed by atoms with van der Waals surface area (Å²) in [5, 5.41) is 9.27. The van der Waals surface area contributed by atoms with Gasteiger partial charge in [-0.2, -0.15) is 5.26 Å². The van der Waals surface area contributed by atoms with Gasteiger partial charge in [0.1, 0.15) is 11.6 Å². The summed E-state index contributed by atoms with van der Waals surface area (Å²) in [7, 11) is 0. The molecule has 1 aromatic heterocycles. The molecule has 1 atom stereocenters. The average molecular weight is 240 g/mol. The highest BCUT2D eigenvalue weighted by atomic mass is 16.1. The fourth-order valence-electron chi connectivity index (χ4n) is 3.27. The molecule has 2 aliphatic carbocycles. The fraction of sp³-hybridized carbons (Fsp3) is 0.467. The summed E-state index contributed by atoms with van der Waals surface area (Å²) in [6.45, 7) is 0. The zero-order valence-corrected chi connectivity index (χ0v) is 10.3. The topological polar surface area (TPSA) is 56.6 Å². The molecule has 0 fully saturated rings. The van der Waals surface area contributed by atoms with Crippen LogP contribution in [-0.2, 0) is 12.8 Å². The maximum Gasteiger partial charge on any atom is 0.266 e. The lowest BCUT2D eigenvalue weighted by Gasteiger charge is -2.22. The van der Waals surface area contributed by atoms with Crippen LogP contribution in [0.4, 0.5) is 0 Å². The van der Waals surface area contributed by atoms with Crippen molar-refractivity contribution in [2.45, 2.75) is 44.4 Å². The van der Waals surface area contributed by atoms with Crippen molar-refractivity contribution in [1.82, 2.24) is 4.98 Å². The van der Waals surface area contributed by atoms with Crippen LogP contribution < -0.4 is 5.56 Å². The van der Waals surface area contributed by atoms with Crippen LogP contribution in [0.3, 0.4) is 0 Å². The van der Waals surface area contributed by atoms with Crippen molar-refractivity contribution in [2.75, 3.05) is 0 Å². The van der Waals surface area contributed by atoms with Gasteiger partial charge in [0.2, 0.25) is 0 Å². The van der Waals surface area contributed by atoms with Crippen molar-refractivity contribution in [1.29, 1.82) is 5.26 Å². The third kappa shape index (κ3) is 1.69. The molecular weight excluding hydrogens is 224 g/mol. The second-order valence-electron chi connectivity index (χ2n) is 5.15. The Bertz CT molecular complexity index is 604. The fourth-order valence-corrected chi connectivity index (χ4v) is 3.27. The standard InChI is InChI=1S/C15H16N2O/c16-9-12-14(10-5-2-1-3-6-10)11-7-4-8-13(11)17-15(12)18/h1-2,10H,3-8H2,(H,17,18). The Kier molecular flexibility index (Phi) is 2.79. The van der Waals surface area contributed by atoms with E-state index < -0.39 is 0 Å². The van der Waals surface area contributed by atoms with Crippen LogP contribution in [0.25, 0.3) is 0 Å². The molecule has 0 aliphatic heterocycles. The number of H-pyrrole nitrogens is 1. The number of nitrogens with one attached hydrogen (secondary N) is 1. The number of fused-ring (bicyclic) bond motifs is 1. The molecule has 1 aromatic rings. The van der Waals surface area contributed by atoms with E-state index in [1.807, 2.05) is 0 Å². The lowest BCUT2D eigenvalue weighted by atomic mass is 9.83. The van der Waals surface area contributed by atoms with Gasteiger partial charge in [-0.05, 0) is 55.6 Å². The third-order valence-electron chi connectivity index (χ3n) is 4.09. The Morgan fingerprint density at radius 2 is 2.22 bits per heavy atom. The Hall–Kier alpha value is -1.82. The van der Waals surface area contributed by atoms with Crippen LogP contribution in [0, 0.1) is 11.3 Å². The first-order valence-corrected chi connectivity index (χ1v) is 6.64. The highest BCUT2D eigenvalue weighted by Gasteiger charge is 2.26. The minimum Gasteiger partial charge on any atom is -0.325 e. The van der Waals surface area contributed by atoms with E-state index in [1.54, 1.807) is 0 Å². The van der Waals surface area contributed by atoms with Crippen LogP contribution in [0.5, 0.6) is 0 Å². The summed E-state index contributed by atoms with van der Waals surface area (Å²) in [6.07, 6.45) is 10.5. The normalized spacial score (nSPS) is 21.6. The van der Waals surface area contributed by atoms with E-state index in [2.05, 4.69) is 23.2 Å². The second-order valence-corrected chi connectivity index (χ2v) is 5.15. The molecule has 3 heteroatoms. The van der Waals surface area contributed by atoms with E-state index in [1.165, 1.54) is 5.56 Å². The quantitative estimate of drug-likeness (QED) is 0.767. The second kappa shape index (κ2) is 4.45. The lowest BCUT2D eigenvalue weighted by Crippen LogP contribution is -2.20. The predicted molar refractivity (Wildman–Crippen MR) is 69.5 cm³/mol. The van der Waals surface area contributed by atoms with Gasteiger partial charge in [-0.1, -0.05) is 12.2 Å². The number of pyridine rings is 1. The van der Waals surface area contributed by atoms with Crippen LogP contribution in [0.1, 0.15) is 54.0 Å². The van der Waals surface area contributed by atoms with Crippen molar-refractivity contribution < 1.29 is 0 Å². The molecule has 1 unspecified atom stereocenters. The molecule has 0 saturated heterocycles. The first-order valence-electron chi connectivity index (χ1n) is 6.64. The summed E-state index contributed by atoms with van der Waals surface area (Å²) >= 11 is 0. The lowest BCUT2D eigenvalue weighted by molar-refractivity contribution is 0.608. The molecule has 2 aliphatic rings. The average Bonchev–Trinajstić information content (AvgIpc) is 2.85. The number of allylic oxidation sites excluding steroid dienone is 2. The number of nitrogens with zero attached hydrogens (tertiary/aromatic N) is 1. The molecule has 3 nitrogen and oxygen atoms in total. The van der Waals surface area contributed by atoms with Gasteiger partial charge in [0, 0.05) is 5.69 Å². The number of aromatic amines is 1. The summed E-state index contributed by atoms with van der Waals surface area (Å²) in [4.78, 5) is 14.9. The number of aryl methyl sites for hydroxylation is 1. The Balaban J connectivity index is 2.20. The summed E-state index contributed by atoms with van der Waals surface area (Å²) < 4.78 is 0. The Labute approximate surface area is 106 Å². The third-order valence-corrected chi connectivity index (χ3v) is 4.09. The molecule has 18 heavy (non-hydrogen) atoms. The predicted octanol–water partition coefficient (Wildman–Crippen LogP) is 2.56. The largest absolute Gasteiger partial charge is 0.325 e. The highest BCUT2D eigenvalue weighted by Crippen LogP contribution is 2.36. The minimum absolute atomic E-state index is 0.192. The van der Waals surface area contributed by atoms with Crippen molar-refractivity contribution in [3.05, 3.63) is 44.9 Å². The van der Waals surface area contributed by atoms with Gasteiger partial charge in [0.05, 0.1) is 0 Å². The van der Waals surface area contributed by atoms with E-state index in [0.717, 1.165) is 49.8 Å². The van der Waals surface area contributed by atoms with E-state index in [0.29, 0.717) is 11.5 Å². The molecule has 1 N–H and O–H groups in total. The minimum atomic E-state index is -0.192. The van der Waals surface area contributed by atoms with E-state index in [4.69, 9.17) is 0 Å². The van der Waals surface area contributed by atoms with Crippen LogP contribution >= 0.6 is 0 Å². The molecule has 0 bridgehead atoms. The molecular formula is C15H16N2O. The van der Waals surface area contributed by atoms with Crippen molar-refractivity contribution in [2.24, 2.45) is 0 Å². The van der Waals surface area contributed by atoms with Gasteiger partial charge in [-0.3, -0.25) is 4.79 Å². The summed E-state index contributed by atoms with van der Waals surface area (Å²) in [5.41, 5.74) is 3.55. The molecule has 0 spiro atoms.